The molecule has 0 spiro atoms. The van der Waals surface area contributed by atoms with Crippen molar-refractivity contribution in [3.05, 3.63) is 35.4 Å². The van der Waals surface area contributed by atoms with E-state index >= 15 is 0 Å². The van der Waals surface area contributed by atoms with Crippen molar-refractivity contribution < 1.29 is 18.3 Å². The number of aryl methyl sites for hydroxylation is 1. The fourth-order valence-electron chi connectivity index (χ4n) is 4.30. The van der Waals surface area contributed by atoms with E-state index in [9.17, 15) is 18.3 Å². The van der Waals surface area contributed by atoms with Crippen molar-refractivity contribution in [2.75, 3.05) is 18.0 Å². The zero-order chi connectivity index (χ0) is 20.1. The molecule has 3 atom stereocenters. The maximum atomic E-state index is 12.8. The summed E-state index contributed by atoms with van der Waals surface area (Å²) in [6, 6.07) is 5.66. The maximum Gasteiger partial charge on any atom is 0.416 e. The van der Waals surface area contributed by atoms with Crippen molar-refractivity contribution in [1.82, 2.24) is 15.5 Å². The van der Waals surface area contributed by atoms with Crippen LogP contribution in [-0.2, 0) is 6.18 Å². The summed E-state index contributed by atoms with van der Waals surface area (Å²) in [6.07, 6.45) is -2.35. The Morgan fingerprint density at radius 3 is 2.68 bits per heavy atom. The van der Waals surface area contributed by atoms with E-state index in [1.165, 1.54) is 6.07 Å². The number of anilines is 1. The van der Waals surface area contributed by atoms with Gasteiger partial charge >= 0.3 is 6.18 Å². The number of hydrogen-bond donors (Lipinski definition) is 2. The van der Waals surface area contributed by atoms with Crippen LogP contribution < -0.4 is 10.2 Å². The second kappa shape index (κ2) is 6.92. The molecule has 0 radical (unpaired) electrons. The van der Waals surface area contributed by atoms with Gasteiger partial charge in [0.15, 0.2) is 5.82 Å². The summed E-state index contributed by atoms with van der Waals surface area (Å²) in [5.74, 6) is 0.918. The van der Waals surface area contributed by atoms with Gasteiger partial charge in [-0.05, 0) is 62.1 Å². The van der Waals surface area contributed by atoms with Crippen molar-refractivity contribution >= 4 is 5.82 Å². The van der Waals surface area contributed by atoms with E-state index in [1.807, 2.05) is 13.0 Å². The highest BCUT2D eigenvalue weighted by atomic mass is 19.4. The van der Waals surface area contributed by atoms with Gasteiger partial charge in [-0.25, -0.2) is 0 Å². The third kappa shape index (κ3) is 3.41. The van der Waals surface area contributed by atoms with Crippen LogP contribution in [0.1, 0.15) is 30.9 Å². The smallest absolute Gasteiger partial charge is 0.416 e. The molecule has 28 heavy (non-hydrogen) atoms. The molecule has 3 heterocycles. The molecule has 2 N–H and O–H groups in total. The number of nitrogens with zero attached hydrogens (tertiary/aromatic N) is 3. The molecule has 1 unspecified atom stereocenters. The van der Waals surface area contributed by atoms with Crippen LogP contribution in [0.2, 0.25) is 0 Å². The van der Waals surface area contributed by atoms with Gasteiger partial charge < -0.3 is 15.3 Å². The first-order valence-electron chi connectivity index (χ1n) is 9.49. The van der Waals surface area contributed by atoms with E-state index in [1.54, 1.807) is 0 Å². The molecule has 2 saturated heterocycles. The van der Waals surface area contributed by atoms with Gasteiger partial charge in [0, 0.05) is 24.2 Å². The average molecular weight is 392 g/mol. The van der Waals surface area contributed by atoms with Crippen LogP contribution in [0.15, 0.2) is 24.3 Å². The summed E-state index contributed by atoms with van der Waals surface area (Å²) in [5, 5.41) is 22.3. The van der Waals surface area contributed by atoms with Gasteiger partial charge in [0.25, 0.3) is 0 Å². The van der Waals surface area contributed by atoms with Gasteiger partial charge in [-0.15, -0.1) is 10.2 Å². The number of phenols is 1. The fourth-order valence-corrected chi connectivity index (χ4v) is 4.30. The molecule has 0 amide bonds. The second-order valence-electron chi connectivity index (χ2n) is 7.87. The lowest BCUT2D eigenvalue weighted by molar-refractivity contribution is -0.137. The number of fused-ring (bicyclic) bond motifs is 1. The van der Waals surface area contributed by atoms with Gasteiger partial charge in [-0.1, -0.05) is 6.92 Å². The van der Waals surface area contributed by atoms with Gasteiger partial charge in [0.1, 0.15) is 5.75 Å². The van der Waals surface area contributed by atoms with Crippen LogP contribution >= 0.6 is 0 Å². The largest absolute Gasteiger partial charge is 0.507 e. The normalized spacial score (nSPS) is 25.0. The number of hydrogen-bond acceptors (Lipinski definition) is 5. The molecule has 1 aromatic carbocycles. The Kier molecular flexibility index (Phi) is 4.69. The Labute approximate surface area is 161 Å². The van der Waals surface area contributed by atoms with Crippen LogP contribution in [0.25, 0.3) is 11.3 Å². The molecule has 0 bridgehead atoms. The maximum absolute atomic E-state index is 12.8. The second-order valence-corrected chi connectivity index (χ2v) is 7.87. The van der Waals surface area contributed by atoms with E-state index in [0.29, 0.717) is 23.7 Å². The van der Waals surface area contributed by atoms with Crippen molar-refractivity contribution in [1.29, 1.82) is 0 Å². The average Bonchev–Trinajstić information content (AvgIpc) is 3.04. The number of phenolic OH excluding ortho intramolecular Hbond substituents is 1. The molecule has 0 saturated carbocycles. The molecule has 150 valence electrons. The van der Waals surface area contributed by atoms with Crippen LogP contribution in [0.4, 0.5) is 19.0 Å². The predicted molar refractivity (Wildman–Crippen MR) is 100 cm³/mol. The molecule has 2 aromatic rings. The number of piperidine rings is 1. The zero-order valence-corrected chi connectivity index (χ0v) is 15.8. The lowest BCUT2D eigenvalue weighted by atomic mass is 9.92. The molecule has 8 heteroatoms. The monoisotopic (exact) mass is 392 g/mol. The molecule has 2 aliphatic rings. The molecular formula is C20H23F3N4O. The first-order valence-corrected chi connectivity index (χ1v) is 9.49. The molecule has 2 fully saturated rings. The first kappa shape index (κ1) is 19.0. The van der Waals surface area contributed by atoms with Gasteiger partial charge in [0.2, 0.25) is 0 Å². The quantitative estimate of drug-likeness (QED) is 0.815. The Morgan fingerprint density at radius 2 is 2.00 bits per heavy atom. The van der Waals surface area contributed by atoms with Gasteiger partial charge in [-0.2, -0.15) is 13.2 Å². The summed E-state index contributed by atoms with van der Waals surface area (Å²) in [5.41, 5.74) is 0.510. The minimum atomic E-state index is -4.50. The predicted octanol–water partition coefficient (Wildman–Crippen LogP) is 3.75. The van der Waals surface area contributed by atoms with Crippen molar-refractivity contribution in [3.8, 4) is 17.0 Å². The molecule has 5 nitrogen and oxygen atoms in total. The van der Waals surface area contributed by atoms with Crippen LogP contribution in [0, 0.1) is 12.8 Å². The standard InChI is InChI=1S/C20H23F3N4O/c1-11-7-16-15(24-10-11)5-6-27(16)18-8-12(2)19(26-25-18)14-4-3-13(9-17(14)28)20(21,22)23/h3-4,8-9,11,15-16,24,28H,5-7,10H2,1-2H3/t11?,15-,16+/m1/s1. The molecule has 2 aliphatic heterocycles. The van der Waals surface area contributed by atoms with E-state index in [2.05, 4.69) is 27.3 Å². The highest BCUT2D eigenvalue weighted by Crippen LogP contribution is 2.38. The van der Waals surface area contributed by atoms with E-state index in [4.69, 9.17) is 0 Å². The molecular weight excluding hydrogens is 369 g/mol. The summed E-state index contributed by atoms with van der Waals surface area (Å²) >= 11 is 0. The highest BCUT2D eigenvalue weighted by molar-refractivity contribution is 5.70. The topological polar surface area (TPSA) is 61.3 Å². The van der Waals surface area contributed by atoms with E-state index in [-0.39, 0.29) is 5.56 Å². The fraction of sp³-hybridized carbons (Fsp3) is 0.500. The number of nitrogens with one attached hydrogen (secondary N) is 1. The SMILES string of the molecule is Cc1cc(N2CC[C@H]3NCC(C)C[C@@H]32)nnc1-c1ccc(C(F)(F)F)cc1O. The number of alkyl halides is 3. The number of halogens is 3. The summed E-state index contributed by atoms with van der Waals surface area (Å²) < 4.78 is 38.5. The first-order chi connectivity index (χ1) is 13.2. The van der Waals surface area contributed by atoms with Crippen LogP contribution in [-0.4, -0.2) is 40.5 Å². The molecule has 4 rings (SSSR count). The van der Waals surface area contributed by atoms with Crippen molar-refractivity contribution in [2.45, 2.75) is 44.9 Å². The van der Waals surface area contributed by atoms with E-state index in [0.717, 1.165) is 49.4 Å². The van der Waals surface area contributed by atoms with Crippen molar-refractivity contribution in [3.63, 3.8) is 0 Å². The highest BCUT2D eigenvalue weighted by Gasteiger charge is 2.38. The van der Waals surface area contributed by atoms with Crippen molar-refractivity contribution in [2.24, 2.45) is 5.92 Å². The summed E-state index contributed by atoms with van der Waals surface area (Å²) in [6.45, 7) is 5.99. The van der Waals surface area contributed by atoms with Crippen LogP contribution in [0.3, 0.4) is 0 Å². The third-order valence-corrected chi connectivity index (χ3v) is 5.76. The Hall–Kier alpha value is -2.35. The number of aromatic nitrogens is 2. The summed E-state index contributed by atoms with van der Waals surface area (Å²) in [7, 11) is 0. The Morgan fingerprint density at radius 1 is 1.21 bits per heavy atom. The molecule has 1 aromatic heterocycles. The zero-order valence-electron chi connectivity index (χ0n) is 15.8. The number of rotatable bonds is 2. The Bertz CT molecular complexity index is 886. The lowest BCUT2D eigenvalue weighted by Crippen LogP contribution is -2.50. The third-order valence-electron chi connectivity index (χ3n) is 5.76. The van der Waals surface area contributed by atoms with Gasteiger partial charge in [0.05, 0.1) is 11.3 Å². The number of benzene rings is 1. The Balaban J connectivity index is 1.62. The molecule has 0 aliphatic carbocycles. The minimum absolute atomic E-state index is 0.247. The van der Waals surface area contributed by atoms with E-state index < -0.39 is 17.5 Å². The van der Waals surface area contributed by atoms with Gasteiger partial charge in [-0.3, -0.25) is 0 Å². The number of aromatic hydroxyl groups is 1. The minimum Gasteiger partial charge on any atom is -0.507 e. The van der Waals surface area contributed by atoms with Crippen LogP contribution in [0.5, 0.6) is 5.75 Å². The summed E-state index contributed by atoms with van der Waals surface area (Å²) in [4.78, 5) is 2.27. The lowest BCUT2D eigenvalue weighted by Gasteiger charge is -2.36.